The van der Waals surface area contributed by atoms with Crippen LogP contribution in [-0.4, -0.2) is 57.2 Å². The van der Waals surface area contributed by atoms with Gasteiger partial charge in [0.2, 0.25) is 0 Å². The third-order valence-electron chi connectivity index (χ3n) is 2.26. The third-order valence-corrected chi connectivity index (χ3v) is 2.26. The minimum absolute atomic E-state index is 0.00486. The fourth-order valence-corrected chi connectivity index (χ4v) is 1.32. The van der Waals surface area contributed by atoms with E-state index in [9.17, 15) is 9.59 Å². The van der Waals surface area contributed by atoms with Crippen molar-refractivity contribution in [2.24, 2.45) is 0 Å². The van der Waals surface area contributed by atoms with Crippen LogP contribution in [0.3, 0.4) is 0 Å². The highest BCUT2D eigenvalue weighted by molar-refractivity contribution is 5.78. The summed E-state index contributed by atoms with van der Waals surface area (Å²) in [5.74, 6) is -0.743. The Morgan fingerprint density at radius 2 is 2.22 bits per heavy atom. The first-order chi connectivity index (χ1) is 8.74. The van der Waals surface area contributed by atoms with Crippen molar-refractivity contribution in [2.75, 3.05) is 40.3 Å². The Morgan fingerprint density at radius 1 is 1.39 bits per heavy atom. The lowest BCUT2D eigenvalue weighted by Crippen LogP contribution is -2.34. The second-order valence-electron chi connectivity index (χ2n) is 3.73. The summed E-state index contributed by atoms with van der Waals surface area (Å²) >= 11 is 0. The molecule has 1 aliphatic heterocycles. The molecule has 0 saturated carbocycles. The Kier molecular flexibility index (Phi) is 7.31. The summed E-state index contributed by atoms with van der Waals surface area (Å²) < 4.78 is 15.0. The van der Waals surface area contributed by atoms with Crippen molar-refractivity contribution >= 4 is 11.9 Å². The number of nitrogens with zero attached hydrogens (tertiary/aromatic N) is 1. The van der Waals surface area contributed by atoms with Crippen LogP contribution in [0, 0.1) is 0 Å². The van der Waals surface area contributed by atoms with Crippen molar-refractivity contribution in [3.8, 4) is 0 Å². The maximum Gasteiger partial charge on any atom is 0.334 e. The zero-order valence-electron chi connectivity index (χ0n) is 10.6. The van der Waals surface area contributed by atoms with E-state index in [1.54, 1.807) is 7.11 Å². The largest absolute Gasteiger partial charge is 0.382 e. The van der Waals surface area contributed by atoms with Crippen molar-refractivity contribution in [1.82, 2.24) is 5.06 Å². The van der Waals surface area contributed by atoms with E-state index in [4.69, 9.17) is 19.0 Å². The van der Waals surface area contributed by atoms with E-state index in [2.05, 4.69) is 0 Å². The van der Waals surface area contributed by atoms with Gasteiger partial charge in [-0.05, 0) is 6.42 Å². The Labute approximate surface area is 106 Å². The van der Waals surface area contributed by atoms with Gasteiger partial charge in [-0.3, -0.25) is 4.79 Å². The molecule has 0 aromatic carbocycles. The van der Waals surface area contributed by atoms with Crippen LogP contribution < -0.4 is 0 Å². The summed E-state index contributed by atoms with van der Waals surface area (Å²) in [6, 6.07) is 0. The first kappa shape index (κ1) is 14.9. The Bertz CT molecular complexity index is 270. The van der Waals surface area contributed by atoms with Gasteiger partial charge in [-0.15, -0.1) is 5.06 Å². The van der Waals surface area contributed by atoms with Crippen molar-refractivity contribution < 1.29 is 28.6 Å². The van der Waals surface area contributed by atoms with Crippen molar-refractivity contribution in [2.45, 2.75) is 19.3 Å². The van der Waals surface area contributed by atoms with Crippen LogP contribution in [-0.2, 0) is 28.6 Å². The highest BCUT2D eigenvalue weighted by atomic mass is 16.7. The lowest BCUT2D eigenvalue weighted by atomic mass is 10.3. The van der Waals surface area contributed by atoms with Gasteiger partial charge in [0.05, 0.1) is 26.2 Å². The molecule has 1 saturated heterocycles. The quantitative estimate of drug-likeness (QED) is 0.605. The predicted molar refractivity (Wildman–Crippen MR) is 60.3 cm³/mol. The zero-order chi connectivity index (χ0) is 13.2. The lowest BCUT2D eigenvalue weighted by molar-refractivity contribution is -0.213. The molecule has 104 valence electrons. The maximum absolute atomic E-state index is 11.5. The maximum atomic E-state index is 11.5. The molecular formula is C11H19NO6. The van der Waals surface area contributed by atoms with Crippen LogP contribution in [0.15, 0.2) is 0 Å². The molecule has 0 bridgehead atoms. The van der Waals surface area contributed by atoms with Crippen LogP contribution in [0.4, 0.5) is 0 Å². The standard InChI is InChI=1S/C11H19NO6/c1-15-7-8-16-6-4-11(14)18-12-9-17-5-2-3-10(12)13/h2-9H2,1H3. The van der Waals surface area contributed by atoms with Gasteiger partial charge in [-0.2, -0.15) is 0 Å². The topological polar surface area (TPSA) is 74.3 Å². The smallest absolute Gasteiger partial charge is 0.334 e. The van der Waals surface area contributed by atoms with Gasteiger partial charge in [0.15, 0.2) is 6.73 Å². The number of ether oxygens (including phenoxy) is 3. The zero-order valence-corrected chi connectivity index (χ0v) is 10.6. The monoisotopic (exact) mass is 261 g/mol. The first-order valence-corrected chi connectivity index (χ1v) is 5.89. The number of methoxy groups -OCH3 is 1. The Hall–Kier alpha value is -1.18. The molecule has 0 radical (unpaired) electrons. The molecule has 1 aliphatic rings. The van der Waals surface area contributed by atoms with Crippen LogP contribution >= 0.6 is 0 Å². The molecule has 0 aromatic heterocycles. The number of amides is 1. The molecule has 0 atom stereocenters. The molecule has 7 nitrogen and oxygen atoms in total. The summed E-state index contributed by atoms with van der Waals surface area (Å²) in [6.45, 7) is 1.64. The van der Waals surface area contributed by atoms with Gasteiger partial charge < -0.3 is 19.0 Å². The number of hydroxylamine groups is 2. The van der Waals surface area contributed by atoms with Crippen molar-refractivity contribution in [3.63, 3.8) is 0 Å². The van der Waals surface area contributed by atoms with Crippen LogP contribution in [0.1, 0.15) is 19.3 Å². The number of rotatable bonds is 7. The average molecular weight is 261 g/mol. The van der Waals surface area contributed by atoms with E-state index in [1.165, 1.54) is 0 Å². The van der Waals surface area contributed by atoms with E-state index in [0.717, 1.165) is 5.06 Å². The molecule has 0 spiro atoms. The molecule has 1 heterocycles. The van der Waals surface area contributed by atoms with Gasteiger partial charge in [-0.1, -0.05) is 0 Å². The molecule has 0 aliphatic carbocycles. The minimum Gasteiger partial charge on any atom is -0.382 e. The van der Waals surface area contributed by atoms with Gasteiger partial charge in [-0.25, -0.2) is 4.79 Å². The third kappa shape index (κ3) is 5.95. The molecule has 7 heteroatoms. The second-order valence-corrected chi connectivity index (χ2v) is 3.73. The summed E-state index contributed by atoms with van der Waals surface area (Å²) in [6.07, 6.45) is 1.07. The van der Waals surface area contributed by atoms with Gasteiger partial charge in [0.1, 0.15) is 0 Å². The number of carbonyl (C=O) groups excluding carboxylic acids is 2. The highest BCUT2D eigenvalue weighted by Crippen LogP contribution is 2.06. The Morgan fingerprint density at radius 3 is 3.00 bits per heavy atom. The average Bonchev–Trinajstić information content (AvgIpc) is 2.55. The number of hydrogen-bond donors (Lipinski definition) is 0. The van der Waals surface area contributed by atoms with Crippen LogP contribution in [0.2, 0.25) is 0 Å². The molecular weight excluding hydrogens is 242 g/mol. The van der Waals surface area contributed by atoms with Crippen molar-refractivity contribution in [1.29, 1.82) is 0 Å². The van der Waals surface area contributed by atoms with Gasteiger partial charge in [0.25, 0.3) is 5.91 Å². The van der Waals surface area contributed by atoms with Crippen molar-refractivity contribution in [3.05, 3.63) is 0 Å². The predicted octanol–water partition coefficient (Wildman–Crippen LogP) is 0.0942. The number of hydrogen-bond acceptors (Lipinski definition) is 6. The van der Waals surface area contributed by atoms with E-state index in [1.807, 2.05) is 0 Å². The summed E-state index contributed by atoms with van der Waals surface area (Å²) in [4.78, 5) is 27.8. The molecule has 0 unspecified atom stereocenters. The lowest BCUT2D eigenvalue weighted by Gasteiger charge is -2.18. The minimum atomic E-state index is -0.508. The molecule has 1 fully saturated rings. The SMILES string of the molecule is COCCOCCC(=O)ON1COCCCC1=O. The molecule has 1 amide bonds. The molecule has 0 aromatic rings. The summed E-state index contributed by atoms with van der Waals surface area (Å²) in [7, 11) is 1.57. The second kappa shape index (κ2) is 8.84. The van der Waals surface area contributed by atoms with Crippen LogP contribution in [0.5, 0.6) is 0 Å². The summed E-state index contributed by atoms with van der Waals surface area (Å²) in [5.41, 5.74) is 0. The van der Waals surface area contributed by atoms with E-state index >= 15 is 0 Å². The Balaban J connectivity index is 2.16. The van der Waals surface area contributed by atoms with E-state index < -0.39 is 5.97 Å². The first-order valence-electron chi connectivity index (χ1n) is 5.89. The fraction of sp³-hybridized carbons (Fsp3) is 0.818. The molecule has 18 heavy (non-hydrogen) atoms. The van der Waals surface area contributed by atoms with Gasteiger partial charge >= 0.3 is 5.97 Å². The molecule has 0 N–H and O–H groups in total. The van der Waals surface area contributed by atoms with Crippen LogP contribution in [0.25, 0.3) is 0 Å². The van der Waals surface area contributed by atoms with E-state index in [-0.39, 0.29) is 25.7 Å². The van der Waals surface area contributed by atoms with E-state index in [0.29, 0.717) is 32.7 Å². The summed E-state index contributed by atoms with van der Waals surface area (Å²) in [5, 5.41) is 0.963. The van der Waals surface area contributed by atoms with Gasteiger partial charge in [0, 0.05) is 20.1 Å². The highest BCUT2D eigenvalue weighted by Gasteiger charge is 2.20. The molecule has 1 rings (SSSR count). The normalized spacial score (nSPS) is 16.5. The number of carbonyl (C=O) groups is 2. The fourth-order valence-electron chi connectivity index (χ4n) is 1.32.